The summed E-state index contributed by atoms with van der Waals surface area (Å²) in [6.07, 6.45) is 0. The fraction of sp³-hybridized carbons (Fsp3) is 0.500. The highest BCUT2D eigenvalue weighted by atomic mass is 79.9. The summed E-state index contributed by atoms with van der Waals surface area (Å²) >= 11 is 3.28. The van der Waals surface area contributed by atoms with E-state index in [1.807, 2.05) is 20.8 Å². The average Bonchev–Trinajstić information content (AvgIpc) is 2.27. The lowest BCUT2D eigenvalue weighted by atomic mass is 10.1. The van der Waals surface area contributed by atoms with Gasteiger partial charge in [-0.3, -0.25) is 0 Å². The number of hydrogen-bond donors (Lipinski definition) is 2. The molecule has 0 aliphatic heterocycles. The van der Waals surface area contributed by atoms with Gasteiger partial charge in [-0.2, -0.15) is 0 Å². The highest BCUT2D eigenvalue weighted by molar-refractivity contribution is 9.10. The summed E-state index contributed by atoms with van der Waals surface area (Å²) in [5.41, 5.74) is 6.40. The van der Waals surface area contributed by atoms with E-state index in [1.54, 1.807) is 18.2 Å². The third kappa shape index (κ3) is 3.78. The predicted molar refractivity (Wildman–Crippen MR) is 76.7 cm³/mol. The van der Waals surface area contributed by atoms with Gasteiger partial charge >= 0.3 is 0 Å². The molecule has 0 heterocycles. The van der Waals surface area contributed by atoms with Gasteiger partial charge in [0.1, 0.15) is 0 Å². The molecular formula is C12H19BrN2O2S. The minimum Gasteiger partial charge on any atom is -0.326 e. The SMILES string of the molecule is CC(C)C(C)NS(=O)(=O)c1ccc(CN)cc1Br. The van der Waals surface area contributed by atoms with Gasteiger partial charge in [-0.05, 0) is 46.5 Å². The molecular weight excluding hydrogens is 316 g/mol. The summed E-state index contributed by atoms with van der Waals surface area (Å²) in [6, 6.07) is 4.91. The Morgan fingerprint density at radius 2 is 1.94 bits per heavy atom. The zero-order chi connectivity index (χ0) is 13.9. The molecule has 0 radical (unpaired) electrons. The molecule has 0 amide bonds. The maximum absolute atomic E-state index is 12.2. The number of halogens is 1. The molecule has 1 rings (SSSR count). The highest BCUT2D eigenvalue weighted by Crippen LogP contribution is 2.23. The quantitative estimate of drug-likeness (QED) is 0.867. The molecule has 0 bridgehead atoms. The Morgan fingerprint density at radius 1 is 1.33 bits per heavy atom. The third-order valence-corrected chi connectivity index (χ3v) is 5.40. The van der Waals surface area contributed by atoms with Crippen LogP contribution in [0.4, 0.5) is 0 Å². The van der Waals surface area contributed by atoms with Gasteiger partial charge in [0.25, 0.3) is 0 Å². The monoisotopic (exact) mass is 334 g/mol. The molecule has 18 heavy (non-hydrogen) atoms. The van der Waals surface area contributed by atoms with Crippen LogP contribution in [0.2, 0.25) is 0 Å². The summed E-state index contributed by atoms with van der Waals surface area (Å²) < 4.78 is 27.6. The number of nitrogens with one attached hydrogen (secondary N) is 1. The molecule has 0 saturated carbocycles. The molecule has 1 aromatic rings. The zero-order valence-electron chi connectivity index (χ0n) is 10.8. The number of rotatable bonds is 5. The average molecular weight is 335 g/mol. The Hall–Kier alpha value is -0.430. The molecule has 3 N–H and O–H groups in total. The van der Waals surface area contributed by atoms with Crippen LogP contribution in [0.3, 0.4) is 0 Å². The van der Waals surface area contributed by atoms with E-state index < -0.39 is 10.0 Å². The van der Waals surface area contributed by atoms with Crippen LogP contribution in [-0.4, -0.2) is 14.5 Å². The largest absolute Gasteiger partial charge is 0.326 e. The second-order valence-corrected chi connectivity index (χ2v) is 7.16. The van der Waals surface area contributed by atoms with Crippen molar-refractivity contribution >= 4 is 26.0 Å². The minimum absolute atomic E-state index is 0.115. The van der Waals surface area contributed by atoms with Gasteiger partial charge in [-0.1, -0.05) is 19.9 Å². The van der Waals surface area contributed by atoms with Crippen LogP contribution in [0.25, 0.3) is 0 Å². The van der Waals surface area contributed by atoms with Crippen LogP contribution in [-0.2, 0) is 16.6 Å². The maximum atomic E-state index is 12.2. The van der Waals surface area contributed by atoms with Gasteiger partial charge in [0.05, 0.1) is 4.90 Å². The Balaban J connectivity index is 3.06. The van der Waals surface area contributed by atoms with Crippen molar-refractivity contribution in [1.29, 1.82) is 0 Å². The van der Waals surface area contributed by atoms with Crippen molar-refractivity contribution in [2.75, 3.05) is 0 Å². The smallest absolute Gasteiger partial charge is 0.241 e. The van der Waals surface area contributed by atoms with E-state index in [1.165, 1.54) is 0 Å². The molecule has 0 aromatic heterocycles. The standard InChI is InChI=1S/C12H19BrN2O2S/c1-8(2)9(3)15-18(16,17)12-5-4-10(7-14)6-11(12)13/h4-6,8-9,15H,7,14H2,1-3H3. The molecule has 0 fully saturated rings. The van der Waals surface area contributed by atoms with E-state index in [0.717, 1.165) is 5.56 Å². The van der Waals surface area contributed by atoms with Gasteiger partial charge < -0.3 is 5.73 Å². The fourth-order valence-electron chi connectivity index (χ4n) is 1.33. The lowest BCUT2D eigenvalue weighted by molar-refractivity contribution is 0.476. The molecule has 0 spiro atoms. The number of sulfonamides is 1. The van der Waals surface area contributed by atoms with Crippen LogP contribution >= 0.6 is 15.9 Å². The molecule has 1 aromatic carbocycles. The Bertz CT molecular complexity index is 515. The van der Waals surface area contributed by atoms with Crippen LogP contribution in [0.1, 0.15) is 26.3 Å². The molecule has 1 unspecified atom stereocenters. The van der Waals surface area contributed by atoms with Crippen molar-refractivity contribution in [1.82, 2.24) is 4.72 Å². The first-order valence-corrected chi connectivity index (χ1v) is 8.06. The van der Waals surface area contributed by atoms with Crippen molar-refractivity contribution in [2.45, 2.75) is 38.3 Å². The first kappa shape index (κ1) is 15.6. The van der Waals surface area contributed by atoms with E-state index in [9.17, 15) is 8.42 Å². The van der Waals surface area contributed by atoms with Crippen molar-refractivity contribution < 1.29 is 8.42 Å². The van der Waals surface area contributed by atoms with E-state index in [0.29, 0.717) is 11.0 Å². The van der Waals surface area contributed by atoms with Crippen molar-refractivity contribution in [3.05, 3.63) is 28.2 Å². The Labute approximate surface area is 117 Å². The summed E-state index contributed by atoms with van der Waals surface area (Å²) in [7, 11) is -3.50. The van der Waals surface area contributed by atoms with E-state index in [-0.39, 0.29) is 16.9 Å². The lowest BCUT2D eigenvalue weighted by Gasteiger charge is -2.18. The summed E-state index contributed by atoms with van der Waals surface area (Å²) in [5.74, 6) is 0.238. The molecule has 102 valence electrons. The predicted octanol–water partition coefficient (Wildman–Crippen LogP) is 2.23. The molecule has 4 nitrogen and oxygen atoms in total. The Kier molecular flexibility index (Phi) is 5.33. The van der Waals surface area contributed by atoms with Crippen LogP contribution in [0.5, 0.6) is 0 Å². The fourth-order valence-corrected chi connectivity index (χ4v) is 3.85. The number of benzene rings is 1. The highest BCUT2D eigenvalue weighted by Gasteiger charge is 2.21. The lowest BCUT2D eigenvalue weighted by Crippen LogP contribution is -2.36. The van der Waals surface area contributed by atoms with E-state index in [2.05, 4.69) is 20.7 Å². The van der Waals surface area contributed by atoms with Gasteiger partial charge in [0.2, 0.25) is 10.0 Å². The van der Waals surface area contributed by atoms with Crippen LogP contribution < -0.4 is 10.5 Å². The van der Waals surface area contributed by atoms with Gasteiger partial charge in [0, 0.05) is 17.1 Å². The molecule has 1 atom stereocenters. The molecule has 0 aliphatic carbocycles. The summed E-state index contributed by atoms with van der Waals surface area (Å²) in [5, 5.41) is 0. The van der Waals surface area contributed by atoms with Gasteiger partial charge in [-0.15, -0.1) is 0 Å². The first-order valence-electron chi connectivity index (χ1n) is 5.78. The van der Waals surface area contributed by atoms with Crippen LogP contribution in [0.15, 0.2) is 27.6 Å². The Morgan fingerprint density at radius 3 is 2.39 bits per heavy atom. The zero-order valence-corrected chi connectivity index (χ0v) is 13.2. The van der Waals surface area contributed by atoms with Gasteiger partial charge in [-0.25, -0.2) is 13.1 Å². The first-order chi connectivity index (χ1) is 8.27. The molecule has 6 heteroatoms. The third-order valence-electron chi connectivity index (χ3n) is 2.86. The van der Waals surface area contributed by atoms with Gasteiger partial charge in [0.15, 0.2) is 0 Å². The summed E-state index contributed by atoms with van der Waals surface area (Å²) in [6.45, 7) is 6.18. The van der Waals surface area contributed by atoms with Crippen molar-refractivity contribution in [3.63, 3.8) is 0 Å². The van der Waals surface area contributed by atoms with E-state index >= 15 is 0 Å². The maximum Gasteiger partial charge on any atom is 0.241 e. The number of nitrogens with two attached hydrogens (primary N) is 1. The normalized spacial score (nSPS) is 13.9. The number of hydrogen-bond acceptors (Lipinski definition) is 3. The molecule has 0 saturated heterocycles. The second-order valence-electron chi connectivity index (χ2n) is 4.62. The van der Waals surface area contributed by atoms with Crippen molar-refractivity contribution in [2.24, 2.45) is 11.7 Å². The summed E-state index contributed by atoms with van der Waals surface area (Å²) in [4.78, 5) is 0.243. The van der Waals surface area contributed by atoms with Crippen LogP contribution in [0, 0.1) is 5.92 Å². The van der Waals surface area contributed by atoms with E-state index in [4.69, 9.17) is 5.73 Å². The minimum atomic E-state index is -3.50. The molecule has 0 aliphatic rings. The second kappa shape index (κ2) is 6.14. The topological polar surface area (TPSA) is 72.2 Å². The van der Waals surface area contributed by atoms with Crippen molar-refractivity contribution in [3.8, 4) is 0 Å².